The van der Waals surface area contributed by atoms with Gasteiger partial charge in [-0.15, -0.1) is 0 Å². The molecule has 0 saturated heterocycles. The number of ketones is 1. The van der Waals surface area contributed by atoms with Crippen LogP contribution in [-0.2, 0) is 16.5 Å². The Morgan fingerprint density at radius 2 is 1.27 bits per heavy atom. The zero-order valence-corrected chi connectivity index (χ0v) is 14.9. The Kier molecular flexibility index (Phi) is 5.49. The SMILES string of the molecule is O=C(c1ccccc1)c1ccc(OS(=O)(=O)CCc2ccccc2)cc1. The molecular formula is C21H18O4S. The molecule has 132 valence electrons. The summed E-state index contributed by atoms with van der Waals surface area (Å²) in [5, 5.41) is 0. The van der Waals surface area contributed by atoms with E-state index in [4.69, 9.17) is 4.18 Å². The minimum atomic E-state index is -3.70. The summed E-state index contributed by atoms with van der Waals surface area (Å²) < 4.78 is 29.4. The molecule has 3 rings (SSSR count). The Labute approximate surface area is 153 Å². The largest absolute Gasteiger partial charge is 0.382 e. The number of aryl methyl sites for hydroxylation is 1. The summed E-state index contributed by atoms with van der Waals surface area (Å²) in [6.45, 7) is 0. The van der Waals surface area contributed by atoms with Crippen molar-refractivity contribution in [1.82, 2.24) is 0 Å². The molecule has 0 aromatic heterocycles. The molecule has 0 aliphatic rings. The molecule has 0 aliphatic carbocycles. The van der Waals surface area contributed by atoms with Crippen molar-refractivity contribution in [2.45, 2.75) is 6.42 Å². The molecular weight excluding hydrogens is 348 g/mol. The molecule has 0 aliphatic heterocycles. The summed E-state index contributed by atoms with van der Waals surface area (Å²) in [5.74, 6) is -0.0337. The molecule has 0 heterocycles. The van der Waals surface area contributed by atoms with Crippen LogP contribution in [0.3, 0.4) is 0 Å². The van der Waals surface area contributed by atoms with Gasteiger partial charge in [0.15, 0.2) is 5.78 Å². The average Bonchev–Trinajstić information content (AvgIpc) is 2.68. The van der Waals surface area contributed by atoms with Gasteiger partial charge in [0, 0.05) is 11.1 Å². The molecule has 0 atom stereocenters. The number of benzene rings is 3. The van der Waals surface area contributed by atoms with Gasteiger partial charge in [0.05, 0.1) is 5.75 Å². The van der Waals surface area contributed by atoms with E-state index in [1.54, 1.807) is 36.4 Å². The molecule has 0 N–H and O–H groups in total. The van der Waals surface area contributed by atoms with E-state index in [2.05, 4.69) is 0 Å². The van der Waals surface area contributed by atoms with E-state index in [0.717, 1.165) is 5.56 Å². The second-order valence-electron chi connectivity index (χ2n) is 5.80. The topological polar surface area (TPSA) is 60.4 Å². The first-order valence-electron chi connectivity index (χ1n) is 8.19. The van der Waals surface area contributed by atoms with Gasteiger partial charge in [0.25, 0.3) is 0 Å². The molecule has 0 saturated carbocycles. The molecule has 4 nitrogen and oxygen atoms in total. The minimum Gasteiger partial charge on any atom is -0.382 e. The summed E-state index contributed by atoms with van der Waals surface area (Å²) in [4.78, 5) is 12.3. The van der Waals surface area contributed by atoms with Crippen LogP contribution < -0.4 is 4.18 Å². The van der Waals surface area contributed by atoms with Crippen molar-refractivity contribution >= 4 is 15.9 Å². The Hall–Kier alpha value is -2.92. The van der Waals surface area contributed by atoms with Crippen LogP contribution in [-0.4, -0.2) is 20.0 Å². The van der Waals surface area contributed by atoms with Crippen LogP contribution in [0.5, 0.6) is 5.75 Å². The number of carbonyl (C=O) groups is 1. The predicted octanol–water partition coefficient (Wildman–Crippen LogP) is 3.87. The van der Waals surface area contributed by atoms with Crippen LogP contribution in [0.2, 0.25) is 0 Å². The Balaban J connectivity index is 1.64. The fourth-order valence-corrected chi connectivity index (χ4v) is 3.47. The van der Waals surface area contributed by atoms with E-state index < -0.39 is 10.1 Å². The number of hydrogen-bond donors (Lipinski definition) is 0. The van der Waals surface area contributed by atoms with Crippen molar-refractivity contribution in [2.24, 2.45) is 0 Å². The molecule has 3 aromatic carbocycles. The van der Waals surface area contributed by atoms with Gasteiger partial charge in [0.1, 0.15) is 5.75 Å². The lowest BCUT2D eigenvalue weighted by Crippen LogP contribution is -2.15. The molecule has 0 fully saturated rings. The molecule has 0 unspecified atom stereocenters. The third-order valence-corrected chi connectivity index (χ3v) is 5.01. The maximum absolute atomic E-state index is 12.3. The van der Waals surface area contributed by atoms with Crippen LogP contribution in [0, 0.1) is 0 Å². The Morgan fingerprint density at radius 1 is 0.731 bits per heavy atom. The van der Waals surface area contributed by atoms with Crippen LogP contribution >= 0.6 is 0 Å². The standard InChI is InChI=1S/C21H18O4S/c22-21(18-9-5-2-6-10-18)19-11-13-20(14-12-19)25-26(23,24)16-15-17-7-3-1-4-8-17/h1-14H,15-16H2. The highest BCUT2D eigenvalue weighted by Crippen LogP contribution is 2.17. The quantitative estimate of drug-likeness (QED) is 0.470. The monoisotopic (exact) mass is 366 g/mol. The lowest BCUT2D eigenvalue weighted by molar-refractivity contribution is 0.103. The summed E-state index contributed by atoms with van der Waals surface area (Å²) in [5.41, 5.74) is 1.99. The van der Waals surface area contributed by atoms with E-state index in [-0.39, 0.29) is 17.3 Å². The Morgan fingerprint density at radius 3 is 1.88 bits per heavy atom. The van der Waals surface area contributed by atoms with Gasteiger partial charge in [0.2, 0.25) is 0 Å². The summed E-state index contributed by atoms with van der Waals surface area (Å²) >= 11 is 0. The van der Waals surface area contributed by atoms with Crippen LogP contribution in [0.15, 0.2) is 84.9 Å². The molecule has 0 spiro atoms. The highest BCUT2D eigenvalue weighted by atomic mass is 32.2. The maximum atomic E-state index is 12.3. The third-order valence-electron chi connectivity index (χ3n) is 3.86. The van der Waals surface area contributed by atoms with E-state index in [0.29, 0.717) is 17.5 Å². The van der Waals surface area contributed by atoms with Crippen LogP contribution in [0.25, 0.3) is 0 Å². The highest BCUT2D eigenvalue weighted by Gasteiger charge is 2.14. The van der Waals surface area contributed by atoms with Crippen LogP contribution in [0.1, 0.15) is 21.5 Å². The van der Waals surface area contributed by atoms with Crippen molar-refractivity contribution in [2.75, 3.05) is 5.75 Å². The van der Waals surface area contributed by atoms with Crippen molar-refractivity contribution in [3.63, 3.8) is 0 Å². The minimum absolute atomic E-state index is 0.109. The zero-order chi connectivity index (χ0) is 18.4. The molecule has 5 heteroatoms. The third kappa shape index (κ3) is 4.80. The van der Waals surface area contributed by atoms with E-state index in [9.17, 15) is 13.2 Å². The van der Waals surface area contributed by atoms with Gasteiger partial charge < -0.3 is 4.18 Å². The van der Waals surface area contributed by atoms with Gasteiger partial charge in [-0.2, -0.15) is 8.42 Å². The van der Waals surface area contributed by atoms with Crippen molar-refractivity contribution in [3.05, 3.63) is 102 Å². The molecule has 3 aromatic rings. The van der Waals surface area contributed by atoms with Crippen molar-refractivity contribution in [1.29, 1.82) is 0 Å². The molecule has 0 amide bonds. The Bertz CT molecular complexity index is 964. The van der Waals surface area contributed by atoms with E-state index in [1.807, 2.05) is 36.4 Å². The lowest BCUT2D eigenvalue weighted by Gasteiger charge is -2.08. The molecule has 0 radical (unpaired) electrons. The zero-order valence-electron chi connectivity index (χ0n) is 14.0. The molecule has 26 heavy (non-hydrogen) atoms. The molecule has 0 bridgehead atoms. The van der Waals surface area contributed by atoms with Gasteiger partial charge in [-0.25, -0.2) is 0 Å². The van der Waals surface area contributed by atoms with Gasteiger partial charge >= 0.3 is 10.1 Å². The smallest absolute Gasteiger partial charge is 0.309 e. The maximum Gasteiger partial charge on any atom is 0.309 e. The first-order valence-corrected chi connectivity index (χ1v) is 9.77. The van der Waals surface area contributed by atoms with Gasteiger partial charge in [-0.1, -0.05) is 60.7 Å². The number of rotatable bonds is 7. The summed E-state index contributed by atoms with van der Waals surface area (Å²) in [7, 11) is -3.70. The van der Waals surface area contributed by atoms with E-state index >= 15 is 0 Å². The van der Waals surface area contributed by atoms with Crippen molar-refractivity contribution < 1.29 is 17.4 Å². The number of carbonyl (C=O) groups excluding carboxylic acids is 1. The first-order chi connectivity index (χ1) is 12.5. The van der Waals surface area contributed by atoms with Gasteiger partial charge in [-0.05, 0) is 36.2 Å². The predicted molar refractivity (Wildman–Crippen MR) is 101 cm³/mol. The fraction of sp³-hybridized carbons (Fsp3) is 0.0952. The van der Waals surface area contributed by atoms with E-state index in [1.165, 1.54) is 12.1 Å². The second-order valence-corrected chi connectivity index (χ2v) is 7.49. The van der Waals surface area contributed by atoms with Gasteiger partial charge in [-0.3, -0.25) is 4.79 Å². The highest BCUT2D eigenvalue weighted by molar-refractivity contribution is 7.87. The fourth-order valence-electron chi connectivity index (χ4n) is 2.49. The lowest BCUT2D eigenvalue weighted by atomic mass is 10.0. The normalized spacial score (nSPS) is 11.1. The second kappa shape index (κ2) is 7.97. The van der Waals surface area contributed by atoms with Crippen molar-refractivity contribution in [3.8, 4) is 5.75 Å². The average molecular weight is 366 g/mol. The number of hydrogen-bond acceptors (Lipinski definition) is 4. The first kappa shape index (κ1) is 17.9. The summed E-state index contributed by atoms with van der Waals surface area (Å²) in [6.07, 6.45) is 0.383. The summed E-state index contributed by atoms with van der Waals surface area (Å²) in [6, 6.07) is 24.4. The van der Waals surface area contributed by atoms with Crippen LogP contribution in [0.4, 0.5) is 0 Å².